The standard InChI is InChI=1S/C10H17N3/c1-8-6-10(7-9(2)12-8)13-5-3-4-11-13/h3-5,8-10,12H,6-7H2,1-2H3. The molecule has 2 atom stereocenters. The van der Waals surface area contributed by atoms with Crippen LogP contribution in [0.15, 0.2) is 18.5 Å². The first-order chi connectivity index (χ1) is 6.25. The Bertz CT molecular complexity index is 245. The molecule has 0 saturated carbocycles. The van der Waals surface area contributed by atoms with E-state index in [1.54, 1.807) is 0 Å². The average molecular weight is 179 g/mol. The molecular weight excluding hydrogens is 162 g/mol. The zero-order valence-electron chi connectivity index (χ0n) is 8.27. The van der Waals surface area contributed by atoms with Crippen molar-refractivity contribution >= 4 is 0 Å². The highest BCUT2D eigenvalue weighted by Crippen LogP contribution is 2.23. The first-order valence-corrected chi connectivity index (χ1v) is 5.01. The normalized spacial score (nSPS) is 34.8. The highest BCUT2D eigenvalue weighted by atomic mass is 15.3. The Labute approximate surface area is 79.1 Å². The van der Waals surface area contributed by atoms with Crippen molar-refractivity contribution in [2.24, 2.45) is 0 Å². The van der Waals surface area contributed by atoms with E-state index in [4.69, 9.17) is 0 Å². The minimum Gasteiger partial charge on any atom is -0.312 e. The molecule has 2 rings (SSSR count). The molecule has 2 heterocycles. The highest BCUT2D eigenvalue weighted by Gasteiger charge is 2.24. The van der Waals surface area contributed by atoms with Crippen molar-refractivity contribution in [2.45, 2.75) is 44.8 Å². The molecule has 0 spiro atoms. The third-order valence-electron chi connectivity index (χ3n) is 2.72. The molecule has 3 heteroatoms. The van der Waals surface area contributed by atoms with E-state index in [1.807, 2.05) is 12.3 Å². The lowest BCUT2D eigenvalue weighted by molar-refractivity contribution is 0.250. The first kappa shape index (κ1) is 8.75. The van der Waals surface area contributed by atoms with Crippen LogP contribution in [0, 0.1) is 0 Å². The lowest BCUT2D eigenvalue weighted by atomic mass is 9.96. The fourth-order valence-corrected chi connectivity index (χ4v) is 2.25. The fraction of sp³-hybridized carbons (Fsp3) is 0.700. The molecule has 1 aliphatic heterocycles. The van der Waals surface area contributed by atoms with Gasteiger partial charge in [-0.1, -0.05) is 0 Å². The summed E-state index contributed by atoms with van der Waals surface area (Å²) in [5, 5.41) is 7.83. The van der Waals surface area contributed by atoms with Crippen molar-refractivity contribution in [3.63, 3.8) is 0 Å². The molecular formula is C10H17N3. The second kappa shape index (κ2) is 3.50. The summed E-state index contributed by atoms with van der Waals surface area (Å²) < 4.78 is 2.09. The van der Waals surface area contributed by atoms with E-state index in [0.29, 0.717) is 18.1 Å². The van der Waals surface area contributed by atoms with Gasteiger partial charge in [0.1, 0.15) is 0 Å². The van der Waals surface area contributed by atoms with Crippen LogP contribution in [0.25, 0.3) is 0 Å². The van der Waals surface area contributed by atoms with E-state index in [2.05, 4.69) is 35.1 Å². The second-order valence-electron chi connectivity index (χ2n) is 4.08. The van der Waals surface area contributed by atoms with Gasteiger partial charge in [0, 0.05) is 24.5 Å². The number of nitrogens with zero attached hydrogens (tertiary/aromatic N) is 2. The SMILES string of the molecule is CC1CC(n2cccn2)CC(C)N1. The molecule has 1 N–H and O–H groups in total. The summed E-state index contributed by atoms with van der Waals surface area (Å²) in [7, 11) is 0. The van der Waals surface area contributed by atoms with Crippen LogP contribution >= 0.6 is 0 Å². The first-order valence-electron chi connectivity index (χ1n) is 5.01. The van der Waals surface area contributed by atoms with Crippen LogP contribution in [0.3, 0.4) is 0 Å². The largest absolute Gasteiger partial charge is 0.312 e. The van der Waals surface area contributed by atoms with Crippen LogP contribution in [-0.2, 0) is 0 Å². The molecule has 1 aromatic heterocycles. The fourth-order valence-electron chi connectivity index (χ4n) is 2.25. The quantitative estimate of drug-likeness (QED) is 0.709. The van der Waals surface area contributed by atoms with Gasteiger partial charge in [-0.25, -0.2) is 0 Å². The summed E-state index contributed by atoms with van der Waals surface area (Å²) in [6.45, 7) is 4.48. The lowest BCUT2D eigenvalue weighted by Gasteiger charge is -2.32. The predicted octanol–water partition coefficient (Wildman–Crippen LogP) is 1.58. The summed E-state index contributed by atoms with van der Waals surface area (Å²) in [5.41, 5.74) is 0. The Hall–Kier alpha value is -0.830. The zero-order chi connectivity index (χ0) is 9.26. The van der Waals surface area contributed by atoms with Crippen molar-refractivity contribution in [3.8, 4) is 0 Å². The van der Waals surface area contributed by atoms with E-state index >= 15 is 0 Å². The van der Waals surface area contributed by atoms with E-state index < -0.39 is 0 Å². The molecule has 0 amide bonds. The number of hydrogen-bond acceptors (Lipinski definition) is 2. The van der Waals surface area contributed by atoms with Crippen molar-refractivity contribution in [1.82, 2.24) is 15.1 Å². The highest BCUT2D eigenvalue weighted by molar-refractivity contribution is 4.88. The van der Waals surface area contributed by atoms with E-state index in [-0.39, 0.29) is 0 Å². The Balaban J connectivity index is 2.07. The second-order valence-corrected chi connectivity index (χ2v) is 4.08. The maximum Gasteiger partial charge on any atom is 0.0548 e. The van der Waals surface area contributed by atoms with Crippen molar-refractivity contribution < 1.29 is 0 Å². The van der Waals surface area contributed by atoms with Crippen LogP contribution in [0.5, 0.6) is 0 Å². The van der Waals surface area contributed by atoms with Crippen molar-refractivity contribution in [3.05, 3.63) is 18.5 Å². The van der Waals surface area contributed by atoms with Gasteiger partial charge in [0.2, 0.25) is 0 Å². The van der Waals surface area contributed by atoms with Gasteiger partial charge in [0.05, 0.1) is 6.04 Å². The predicted molar refractivity (Wildman–Crippen MR) is 52.6 cm³/mol. The number of nitrogens with one attached hydrogen (secondary N) is 1. The molecule has 1 aliphatic rings. The molecule has 0 aromatic carbocycles. The van der Waals surface area contributed by atoms with Gasteiger partial charge >= 0.3 is 0 Å². The molecule has 1 fully saturated rings. The van der Waals surface area contributed by atoms with Crippen LogP contribution in [0.4, 0.5) is 0 Å². The summed E-state index contributed by atoms with van der Waals surface area (Å²) in [5.74, 6) is 0. The summed E-state index contributed by atoms with van der Waals surface area (Å²) in [4.78, 5) is 0. The molecule has 0 radical (unpaired) electrons. The number of piperidine rings is 1. The van der Waals surface area contributed by atoms with Gasteiger partial charge in [0.25, 0.3) is 0 Å². The van der Waals surface area contributed by atoms with Crippen molar-refractivity contribution in [2.75, 3.05) is 0 Å². The Morgan fingerprint density at radius 3 is 2.54 bits per heavy atom. The monoisotopic (exact) mass is 179 g/mol. The molecule has 1 saturated heterocycles. The molecule has 0 bridgehead atoms. The molecule has 0 aliphatic carbocycles. The molecule has 1 aromatic rings. The minimum absolute atomic E-state index is 0.584. The van der Waals surface area contributed by atoms with Crippen LogP contribution in [0.1, 0.15) is 32.7 Å². The molecule has 3 nitrogen and oxygen atoms in total. The van der Waals surface area contributed by atoms with Gasteiger partial charge < -0.3 is 5.32 Å². The summed E-state index contributed by atoms with van der Waals surface area (Å²) in [6.07, 6.45) is 6.30. The van der Waals surface area contributed by atoms with Gasteiger partial charge in [-0.3, -0.25) is 4.68 Å². The Morgan fingerprint density at radius 2 is 2.00 bits per heavy atom. The van der Waals surface area contributed by atoms with E-state index in [9.17, 15) is 0 Å². The average Bonchev–Trinajstić information content (AvgIpc) is 2.53. The van der Waals surface area contributed by atoms with E-state index in [1.165, 1.54) is 12.8 Å². The number of hydrogen-bond donors (Lipinski definition) is 1. The third kappa shape index (κ3) is 1.91. The number of rotatable bonds is 1. The summed E-state index contributed by atoms with van der Waals surface area (Å²) in [6, 6.07) is 3.80. The van der Waals surface area contributed by atoms with E-state index in [0.717, 1.165) is 0 Å². The van der Waals surface area contributed by atoms with Gasteiger partial charge in [-0.2, -0.15) is 5.10 Å². The minimum atomic E-state index is 0.584. The van der Waals surface area contributed by atoms with Gasteiger partial charge in [-0.05, 0) is 32.8 Å². The Kier molecular flexibility index (Phi) is 2.36. The smallest absolute Gasteiger partial charge is 0.0548 e. The Morgan fingerprint density at radius 1 is 1.31 bits per heavy atom. The third-order valence-corrected chi connectivity index (χ3v) is 2.72. The zero-order valence-corrected chi connectivity index (χ0v) is 8.27. The summed E-state index contributed by atoms with van der Waals surface area (Å²) >= 11 is 0. The number of aromatic nitrogens is 2. The molecule has 13 heavy (non-hydrogen) atoms. The van der Waals surface area contributed by atoms with Crippen molar-refractivity contribution in [1.29, 1.82) is 0 Å². The van der Waals surface area contributed by atoms with Crippen LogP contribution < -0.4 is 5.32 Å². The van der Waals surface area contributed by atoms with Crippen LogP contribution in [-0.4, -0.2) is 21.9 Å². The van der Waals surface area contributed by atoms with Gasteiger partial charge in [0.15, 0.2) is 0 Å². The molecule has 2 unspecified atom stereocenters. The topological polar surface area (TPSA) is 29.9 Å². The van der Waals surface area contributed by atoms with Gasteiger partial charge in [-0.15, -0.1) is 0 Å². The lowest BCUT2D eigenvalue weighted by Crippen LogP contribution is -2.42. The van der Waals surface area contributed by atoms with Crippen LogP contribution in [0.2, 0.25) is 0 Å². The maximum absolute atomic E-state index is 4.30. The molecule has 72 valence electrons. The maximum atomic E-state index is 4.30.